The number of carbonyl (C=O) groups excluding carboxylic acids is 12. The van der Waals surface area contributed by atoms with Crippen LogP contribution in [-0.4, -0.2) is 239 Å². The fourth-order valence-electron chi connectivity index (χ4n) is 17.4. The molecule has 8 N–H and O–H groups in total. The Morgan fingerprint density at radius 1 is 0.384 bits per heavy atom. The van der Waals surface area contributed by atoms with Gasteiger partial charge in [-0.1, -0.05) is 257 Å². The highest BCUT2D eigenvalue weighted by molar-refractivity contribution is 9.10. The van der Waals surface area contributed by atoms with Crippen LogP contribution in [0.2, 0.25) is 0 Å². The molecule has 10 aromatic rings. The summed E-state index contributed by atoms with van der Waals surface area (Å²) in [6.45, 7) is 24.6. The topological polar surface area (TPSA) is 412 Å². The van der Waals surface area contributed by atoms with Crippen molar-refractivity contribution in [3.63, 3.8) is 0 Å². The molecule has 0 bridgehead atoms. The predicted molar refractivity (Wildman–Crippen MR) is 571 cm³/mol. The van der Waals surface area contributed by atoms with Gasteiger partial charge in [0.05, 0.1) is 51.7 Å². The Balaban J connectivity index is 0.000000189. The van der Waals surface area contributed by atoms with Crippen LogP contribution in [-0.2, 0) is 79.5 Å². The van der Waals surface area contributed by atoms with E-state index in [1.165, 1.54) is 43.8 Å². The Bertz CT molecular complexity index is 6070. The number of nitrogens with one attached hydrogen (secondary N) is 6. The molecule has 15 rings (SSSR count). The summed E-state index contributed by atoms with van der Waals surface area (Å²) in [4.78, 5) is 167. The fraction of sp³-hybridized carbons (Fsp3) is 0.400. The number of pyridine rings is 2. The lowest BCUT2D eigenvalue weighted by Crippen LogP contribution is -2.54. The van der Waals surface area contributed by atoms with Gasteiger partial charge < -0.3 is 89.8 Å². The lowest BCUT2D eigenvalue weighted by molar-refractivity contribution is -0.140. The molecule has 0 spiro atoms. The minimum atomic E-state index is -1.34. The number of methoxy groups -OCH3 is 4. The molecule has 0 saturated carbocycles. The molecular formula is C110H134B2Br2N12O20. The van der Waals surface area contributed by atoms with Gasteiger partial charge in [0, 0.05) is 71.4 Å². The van der Waals surface area contributed by atoms with E-state index >= 15 is 0 Å². The summed E-state index contributed by atoms with van der Waals surface area (Å²) in [5.74, 6) is -1.36. The second-order valence-corrected chi connectivity index (χ2v) is 40.3. The standard InChI is InChI=1S/C29H32N2O4.C23H35BN4O6.C23H27BrN2O4.C23H28N4O4.C6H7BO2.C6H5Br/c1-19(2)27(30-29(34)35-3)28(33)31-15-7-10-25(31)26(32)17-20-11-12-24-18-23(14-13-22(24)16-20)21-8-5-4-6-9-21;1-14(2)18(27-21(31)32-7)20(30)28-12-8-9-16(28)19(29)26-17-11-10-15(13-25-17)24-33-22(3,4)23(5,6)34-24;1-14(2)21(25-23(29)30-3)22(28)26-10-4-5-19(26)20(27)12-15-6-7-17-13-18(24)9-8-16(17)11-15;1-15(2)20(26-23(30)31-3)22(29)27-13-7-10-18(27)21(28)25-19-12-11-17(14-24-19)16-8-5-4-6-9-16;8-7(9)6-4-2-1-3-5-6;7-6-4-2-1-3-5-6/h4-6,8-9,11-14,16,18-19,25,27H,7,10,15,17H2,1-3H3,(H,30,34);10-11,13-14,16,18H,8-9,12H2,1-7H3,(H,27,31)(H,25,26,29);6-9,11,13-14,19,21H,4-5,10,12H2,1-3H3,(H,25,29);4-6,8-9,11-12,14-15,18,20H,7,10,13H2,1-3H3,(H,26,30)(H,24,25,28);1-5,8-9H;1-5H/t25-,27-;16-,18-;19-,21-;18-,20-;;/m0000../s1. The Morgan fingerprint density at radius 3 is 1.04 bits per heavy atom. The van der Waals surface area contributed by atoms with Gasteiger partial charge in [0.2, 0.25) is 35.4 Å². The molecular weight excluding hydrogens is 1990 g/mol. The molecule has 146 heavy (non-hydrogen) atoms. The number of nitrogens with zero attached hydrogens (tertiary/aromatic N) is 6. The normalized spacial score (nSPS) is 17.1. The quantitative estimate of drug-likeness (QED) is 0.0184. The number of alkyl carbamates (subject to hydrolysis) is 4. The minimum Gasteiger partial charge on any atom is -0.453 e. The number of hydrogen-bond acceptors (Lipinski definition) is 22. The first-order valence-electron chi connectivity index (χ1n) is 49.1. The first kappa shape index (κ1) is 115. The molecule has 32 nitrogen and oxygen atoms in total. The van der Waals surface area contributed by atoms with Gasteiger partial charge in [0.25, 0.3) is 0 Å². The molecule has 8 aromatic carbocycles. The third-order valence-electron chi connectivity index (χ3n) is 26.2. The first-order chi connectivity index (χ1) is 69.6. The van der Waals surface area contributed by atoms with Gasteiger partial charge in [0.15, 0.2) is 11.6 Å². The van der Waals surface area contributed by atoms with Crippen LogP contribution in [0.1, 0.15) is 146 Å². The van der Waals surface area contributed by atoms with E-state index in [1.807, 2.05) is 217 Å². The summed E-state index contributed by atoms with van der Waals surface area (Å²) in [7, 11) is 3.15. The van der Waals surface area contributed by atoms with Gasteiger partial charge in [-0.2, -0.15) is 0 Å². The van der Waals surface area contributed by atoms with Crippen LogP contribution in [0.5, 0.6) is 0 Å². The average Bonchev–Trinajstić information content (AvgIpc) is 1.62. The van der Waals surface area contributed by atoms with Crippen LogP contribution in [0.4, 0.5) is 30.8 Å². The number of anilines is 2. The van der Waals surface area contributed by atoms with Gasteiger partial charge in [0.1, 0.15) is 47.9 Å². The number of aromatic nitrogens is 2. The SMILES string of the molecule is Brc1ccccc1.COC(=O)N[C@H](C(=O)N1CCC[C@H]1C(=O)Cc1ccc2cc(-c3ccccc3)ccc2c1)C(C)C.COC(=O)N[C@H](C(=O)N1CCC[C@H]1C(=O)Cc1ccc2cc(Br)ccc2c1)C(C)C.COC(=O)N[C@H](C(=O)N1CCC[C@H]1C(=O)Nc1ccc(-c2ccccc2)cn1)C(C)C.COC(=O)N[C@H](C(=O)N1CCC[C@H]1C(=O)Nc1ccc(B2OC(C)(C)C(C)(C)O2)cn1)C(C)C.OB(O)c1ccccc1. The molecule has 7 heterocycles. The number of benzene rings is 8. The number of fused-ring (bicyclic) bond motifs is 2. The van der Waals surface area contributed by atoms with E-state index in [9.17, 15) is 57.5 Å². The monoisotopic (exact) mass is 2120 g/mol. The summed E-state index contributed by atoms with van der Waals surface area (Å²) < 4.78 is 32.8. The molecule has 5 saturated heterocycles. The lowest BCUT2D eigenvalue weighted by atomic mass is 9.80. The molecule has 2 aromatic heterocycles. The van der Waals surface area contributed by atoms with Gasteiger partial charge in [-0.25, -0.2) is 29.1 Å². The fourth-order valence-corrected chi connectivity index (χ4v) is 18.1. The number of likely N-dealkylation sites (tertiary alicyclic amines) is 4. The molecule has 0 radical (unpaired) electrons. The van der Waals surface area contributed by atoms with Crippen molar-refractivity contribution >= 4 is 162 Å². The Morgan fingerprint density at radius 2 is 0.705 bits per heavy atom. The molecule has 774 valence electrons. The average molecular weight is 2130 g/mol. The van der Waals surface area contributed by atoms with Crippen LogP contribution >= 0.6 is 31.9 Å². The van der Waals surface area contributed by atoms with E-state index in [-0.39, 0.29) is 83.5 Å². The molecule has 0 unspecified atom stereocenters. The highest BCUT2D eigenvalue weighted by Crippen LogP contribution is 2.38. The van der Waals surface area contributed by atoms with Crippen molar-refractivity contribution in [2.45, 2.75) is 207 Å². The molecule has 8 atom stereocenters. The van der Waals surface area contributed by atoms with Crippen LogP contribution in [0.3, 0.4) is 0 Å². The Kier molecular flexibility index (Phi) is 43.0. The molecule has 36 heteroatoms. The second-order valence-electron chi connectivity index (χ2n) is 38.5. The summed E-state index contributed by atoms with van der Waals surface area (Å²) in [6, 6.07) is 65.2. The number of ether oxygens (including phenoxy) is 4. The second kappa shape index (κ2) is 54.8. The van der Waals surface area contributed by atoms with Crippen molar-refractivity contribution in [2.75, 3.05) is 65.3 Å². The summed E-state index contributed by atoms with van der Waals surface area (Å²) in [5.41, 5.74) is 6.54. The number of halogens is 2. The zero-order chi connectivity index (χ0) is 106. The van der Waals surface area contributed by atoms with E-state index < -0.39 is 98.1 Å². The zero-order valence-electron chi connectivity index (χ0n) is 85.6. The Hall–Kier alpha value is -13.3. The number of rotatable bonds is 26. The largest absolute Gasteiger partial charge is 0.496 e. The van der Waals surface area contributed by atoms with E-state index in [2.05, 4.69) is 135 Å². The number of ketones is 2. The predicted octanol–water partition coefficient (Wildman–Crippen LogP) is 15.6. The summed E-state index contributed by atoms with van der Waals surface area (Å²) in [6.07, 6.45) is 6.55. The summed E-state index contributed by atoms with van der Waals surface area (Å²) in [5, 5.41) is 37.5. The third kappa shape index (κ3) is 32.1. The highest BCUT2D eigenvalue weighted by Gasteiger charge is 2.52. The molecule has 5 fully saturated rings. The van der Waals surface area contributed by atoms with Gasteiger partial charge >= 0.3 is 38.6 Å². The maximum atomic E-state index is 13.3. The van der Waals surface area contributed by atoms with Crippen molar-refractivity contribution in [2.24, 2.45) is 23.7 Å². The van der Waals surface area contributed by atoms with Crippen molar-refractivity contribution in [3.8, 4) is 22.3 Å². The van der Waals surface area contributed by atoms with Gasteiger partial charge in [-0.15, -0.1) is 0 Å². The molecule has 0 aliphatic carbocycles. The molecule has 5 aliphatic rings. The first-order valence-corrected chi connectivity index (χ1v) is 50.7. The van der Waals surface area contributed by atoms with Crippen LogP contribution < -0.4 is 42.8 Å². The number of carbonyl (C=O) groups is 12. The van der Waals surface area contributed by atoms with E-state index in [0.29, 0.717) is 81.8 Å². The van der Waals surface area contributed by atoms with Gasteiger partial charge in [-0.3, -0.25) is 38.4 Å². The van der Waals surface area contributed by atoms with Gasteiger partial charge in [-0.05, 0) is 206 Å². The van der Waals surface area contributed by atoms with Crippen molar-refractivity contribution in [3.05, 3.63) is 251 Å². The lowest BCUT2D eigenvalue weighted by Gasteiger charge is -2.32. The van der Waals surface area contributed by atoms with Crippen molar-refractivity contribution in [1.82, 2.24) is 50.8 Å². The number of amides is 10. The smallest absolute Gasteiger partial charge is 0.453 e. The van der Waals surface area contributed by atoms with Crippen LogP contribution in [0, 0.1) is 23.7 Å². The third-order valence-corrected chi connectivity index (χ3v) is 27.2. The molecule has 5 aliphatic heterocycles. The van der Waals surface area contributed by atoms with E-state index in [4.69, 9.17) is 19.4 Å². The highest BCUT2D eigenvalue weighted by atomic mass is 79.9. The van der Waals surface area contributed by atoms with E-state index in [0.717, 1.165) is 76.6 Å². The number of hydrogen-bond donors (Lipinski definition) is 8. The molecule has 10 amide bonds. The maximum Gasteiger partial charge on any atom is 0.496 e. The zero-order valence-corrected chi connectivity index (χ0v) is 88.8. The van der Waals surface area contributed by atoms with Crippen LogP contribution in [0.25, 0.3) is 43.8 Å². The maximum absolute atomic E-state index is 13.3. The van der Waals surface area contributed by atoms with Crippen LogP contribution in [0.15, 0.2) is 240 Å². The summed E-state index contributed by atoms with van der Waals surface area (Å²) >= 11 is 6.78. The minimum absolute atomic E-state index is 0.0247. The van der Waals surface area contributed by atoms with E-state index in [1.54, 1.807) is 64.7 Å². The number of Topliss-reactive ketones (excluding diaryl/α,β-unsaturated/α-hetero) is 2. The van der Waals surface area contributed by atoms with Crippen molar-refractivity contribution in [1.29, 1.82) is 0 Å². The Labute approximate surface area is 871 Å². The van der Waals surface area contributed by atoms with Crippen molar-refractivity contribution < 1.29 is 95.8 Å².